The van der Waals surface area contributed by atoms with Crippen molar-refractivity contribution in [2.24, 2.45) is 11.8 Å². The fourth-order valence-electron chi connectivity index (χ4n) is 3.10. The van der Waals surface area contributed by atoms with Crippen LogP contribution in [0, 0.1) is 18.8 Å². The number of oxazole rings is 1. The first kappa shape index (κ1) is 12.0. The normalized spacial score (nSPS) is 27.9. The van der Waals surface area contributed by atoms with Gasteiger partial charge in [-0.2, -0.15) is 4.98 Å². The molecule has 2 fully saturated rings. The van der Waals surface area contributed by atoms with Crippen LogP contribution in [0.4, 0.5) is 6.01 Å². The van der Waals surface area contributed by atoms with E-state index in [1.807, 2.05) is 6.92 Å². The van der Waals surface area contributed by atoms with Crippen LogP contribution in [-0.4, -0.2) is 36.3 Å². The topological polar surface area (TPSA) is 61.5 Å². The lowest BCUT2D eigenvalue weighted by molar-refractivity contribution is 0.0728. The maximum absolute atomic E-state index is 10.0. The molecule has 1 aromatic rings. The monoisotopic (exact) mass is 251 g/mol. The van der Waals surface area contributed by atoms with Gasteiger partial charge in [-0.25, -0.2) is 0 Å². The smallest absolute Gasteiger partial charge is 0.297 e. The average Bonchev–Trinajstić information content (AvgIpc) is 2.86. The van der Waals surface area contributed by atoms with E-state index in [4.69, 9.17) is 4.42 Å². The second-order valence-electron chi connectivity index (χ2n) is 6.04. The molecule has 2 aliphatic heterocycles. The lowest BCUT2D eigenvalue weighted by Crippen LogP contribution is -2.26. The standard InChI is InChI=1S/C13H21N3O2/c1-8-11(13(2,3)17)15-12(18-8)16-6-9-4-14-5-10(9)7-16/h9-10,14,17H,4-7H2,1-3H3. The number of aryl methyl sites for hydroxylation is 1. The van der Waals surface area contributed by atoms with Crippen molar-refractivity contribution in [3.8, 4) is 0 Å². The number of hydrogen-bond donors (Lipinski definition) is 2. The number of nitrogens with one attached hydrogen (secondary N) is 1. The van der Waals surface area contributed by atoms with E-state index >= 15 is 0 Å². The van der Waals surface area contributed by atoms with Crippen LogP contribution in [0.5, 0.6) is 0 Å². The molecule has 5 nitrogen and oxygen atoms in total. The Kier molecular flexibility index (Phi) is 2.64. The zero-order valence-corrected chi connectivity index (χ0v) is 11.2. The third-order valence-corrected chi connectivity index (χ3v) is 4.02. The van der Waals surface area contributed by atoms with Gasteiger partial charge < -0.3 is 19.7 Å². The van der Waals surface area contributed by atoms with Gasteiger partial charge >= 0.3 is 0 Å². The van der Waals surface area contributed by atoms with Crippen LogP contribution in [0.25, 0.3) is 0 Å². The van der Waals surface area contributed by atoms with Gasteiger partial charge in [0, 0.05) is 26.2 Å². The second kappa shape index (κ2) is 3.96. The highest BCUT2D eigenvalue weighted by molar-refractivity contribution is 5.34. The van der Waals surface area contributed by atoms with Crippen LogP contribution in [0.3, 0.4) is 0 Å². The Morgan fingerprint density at radius 3 is 2.44 bits per heavy atom. The first-order valence-electron chi connectivity index (χ1n) is 6.61. The fourth-order valence-corrected chi connectivity index (χ4v) is 3.10. The molecule has 3 rings (SSSR count). The summed E-state index contributed by atoms with van der Waals surface area (Å²) in [5, 5.41) is 13.5. The minimum Gasteiger partial charge on any atom is -0.429 e. The number of fused-ring (bicyclic) bond motifs is 1. The largest absolute Gasteiger partial charge is 0.429 e. The minimum atomic E-state index is -0.941. The van der Waals surface area contributed by atoms with E-state index in [1.165, 1.54) is 0 Å². The van der Waals surface area contributed by atoms with Crippen molar-refractivity contribution in [2.75, 3.05) is 31.1 Å². The Labute approximate surface area is 107 Å². The molecule has 3 heterocycles. The van der Waals surface area contributed by atoms with E-state index in [9.17, 15) is 5.11 Å². The predicted octanol–water partition coefficient (Wildman–Crippen LogP) is 0.866. The summed E-state index contributed by atoms with van der Waals surface area (Å²) in [5.41, 5.74) is -0.295. The molecule has 18 heavy (non-hydrogen) atoms. The molecular weight excluding hydrogens is 230 g/mol. The molecule has 2 atom stereocenters. The lowest BCUT2D eigenvalue weighted by Gasteiger charge is -2.15. The summed E-state index contributed by atoms with van der Waals surface area (Å²) in [6.07, 6.45) is 0. The number of anilines is 1. The predicted molar refractivity (Wildman–Crippen MR) is 68.5 cm³/mol. The summed E-state index contributed by atoms with van der Waals surface area (Å²) >= 11 is 0. The Morgan fingerprint density at radius 1 is 1.33 bits per heavy atom. The van der Waals surface area contributed by atoms with Crippen molar-refractivity contribution in [3.63, 3.8) is 0 Å². The molecule has 2 aliphatic rings. The van der Waals surface area contributed by atoms with Crippen molar-refractivity contribution in [2.45, 2.75) is 26.4 Å². The SMILES string of the molecule is Cc1oc(N2CC3CNCC3C2)nc1C(C)(C)O. The molecule has 0 saturated carbocycles. The molecule has 0 bridgehead atoms. The van der Waals surface area contributed by atoms with Gasteiger partial charge in [-0.15, -0.1) is 0 Å². The number of nitrogens with zero attached hydrogens (tertiary/aromatic N) is 2. The lowest BCUT2D eigenvalue weighted by atomic mass is 10.0. The Morgan fingerprint density at radius 2 is 1.94 bits per heavy atom. The first-order chi connectivity index (χ1) is 8.45. The van der Waals surface area contributed by atoms with Crippen molar-refractivity contribution < 1.29 is 9.52 Å². The van der Waals surface area contributed by atoms with E-state index in [1.54, 1.807) is 13.8 Å². The summed E-state index contributed by atoms with van der Waals surface area (Å²) < 4.78 is 5.72. The third-order valence-electron chi connectivity index (χ3n) is 4.02. The molecule has 0 spiro atoms. The van der Waals surface area contributed by atoms with E-state index in [0.29, 0.717) is 29.3 Å². The number of aromatic nitrogens is 1. The molecule has 100 valence electrons. The van der Waals surface area contributed by atoms with Gasteiger partial charge in [0.05, 0.1) is 0 Å². The van der Waals surface area contributed by atoms with Crippen LogP contribution in [0.1, 0.15) is 25.3 Å². The summed E-state index contributed by atoms with van der Waals surface area (Å²) in [5.74, 6) is 2.14. The quantitative estimate of drug-likeness (QED) is 0.816. The summed E-state index contributed by atoms with van der Waals surface area (Å²) in [7, 11) is 0. The van der Waals surface area contributed by atoms with Crippen molar-refractivity contribution >= 4 is 6.01 Å². The molecule has 2 N–H and O–H groups in total. The van der Waals surface area contributed by atoms with E-state index in [2.05, 4.69) is 15.2 Å². The third kappa shape index (κ3) is 1.91. The zero-order chi connectivity index (χ0) is 12.9. The summed E-state index contributed by atoms with van der Waals surface area (Å²) in [6, 6.07) is 0.666. The van der Waals surface area contributed by atoms with Gasteiger partial charge in [0.2, 0.25) is 0 Å². The van der Waals surface area contributed by atoms with Crippen LogP contribution in [0.15, 0.2) is 4.42 Å². The molecule has 0 aliphatic carbocycles. The summed E-state index contributed by atoms with van der Waals surface area (Å²) in [4.78, 5) is 6.69. The van der Waals surface area contributed by atoms with Gasteiger partial charge in [0.15, 0.2) is 0 Å². The Hall–Kier alpha value is -1.07. The van der Waals surface area contributed by atoms with Crippen LogP contribution in [-0.2, 0) is 5.60 Å². The molecule has 0 radical (unpaired) electrons. The molecule has 2 unspecified atom stereocenters. The van der Waals surface area contributed by atoms with E-state index in [0.717, 1.165) is 26.2 Å². The van der Waals surface area contributed by atoms with Gasteiger partial charge in [-0.05, 0) is 32.6 Å². The minimum absolute atomic E-state index is 0.646. The van der Waals surface area contributed by atoms with Crippen molar-refractivity contribution in [1.82, 2.24) is 10.3 Å². The van der Waals surface area contributed by atoms with Gasteiger partial charge in [-0.1, -0.05) is 0 Å². The van der Waals surface area contributed by atoms with Gasteiger partial charge in [0.25, 0.3) is 6.01 Å². The zero-order valence-electron chi connectivity index (χ0n) is 11.2. The molecular formula is C13H21N3O2. The van der Waals surface area contributed by atoms with E-state index in [-0.39, 0.29) is 0 Å². The van der Waals surface area contributed by atoms with Gasteiger partial charge in [0.1, 0.15) is 17.1 Å². The van der Waals surface area contributed by atoms with Crippen LogP contribution >= 0.6 is 0 Å². The molecule has 5 heteroatoms. The highest BCUT2D eigenvalue weighted by Crippen LogP contribution is 2.33. The maximum atomic E-state index is 10.0. The number of rotatable bonds is 2. The molecule has 0 amide bonds. The molecule has 1 aromatic heterocycles. The average molecular weight is 251 g/mol. The van der Waals surface area contributed by atoms with Crippen LogP contribution in [0.2, 0.25) is 0 Å². The Balaban J connectivity index is 1.82. The Bertz CT molecular complexity index is 438. The number of hydrogen-bond acceptors (Lipinski definition) is 5. The summed E-state index contributed by atoms with van der Waals surface area (Å²) in [6.45, 7) is 9.54. The molecule has 0 aromatic carbocycles. The highest BCUT2D eigenvalue weighted by atomic mass is 16.4. The highest BCUT2D eigenvalue weighted by Gasteiger charge is 2.38. The maximum Gasteiger partial charge on any atom is 0.297 e. The van der Waals surface area contributed by atoms with Crippen molar-refractivity contribution in [1.29, 1.82) is 0 Å². The second-order valence-corrected chi connectivity index (χ2v) is 6.04. The van der Waals surface area contributed by atoms with Gasteiger partial charge in [-0.3, -0.25) is 0 Å². The van der Waals surface area contributed by atoms with Crippen LogP contribution < -0.4 is 10.2 Å². The van der Waals surface area contributed by atoms with Crippen molar-refractivity contribution in [3.05, 3.63) is 11.5 Å². The number of aliphatic hydroxyl groups is 1. The molecule has 2 saturated heterocycles. The fraction of sp³-hybridized carbons (Fsp3) is 0.769. The van der Waals surface area contributed by atoms with E-state index < -0.39 is 5.60 Å². The first-order valence-corrected chi connectivity index (χ1v) is 6.61.